The fraction of sp³-hybridized carbons (Fsp3) is 0.154. The van der Waals surface area contributed by atoms with Crippen LogP contribution in [0.15, 0.2) is 36.5 Å². The number of benzene rings is 1. The van der Waals surface area contributed by atoms with Crippen molar-refractivity contribution >= 4 is 28.9 Å². The maximum absolute atomic E-state index is 13.0. The number of hydrogen-bond acceptors (Lipinski definition) is 2. The molecule has 0 radical (unpaired) electrons. The molecule has 1 unspecified atom stereocenters. The summed E-state index contributed by atoms with van der Waals surface area (Å²) in [5.41, 5.74) is 1.55. The Kier molecular flexibility index (Phi) is 4.04. The maximum atomic E-state index is 13.0. The van der Waals surface area contributed by atoms with Gasteiger partial charge in [-0.3, -0.25) is 0 Å². The molecule has 2 aromatic rings. The van der Waals surface area contributed by atoms with E-state index >= 15 is 0 Å². The van der Waals surface area contributed by atoms with Crippen LogP contribution < -0.4 is 5.32 Å². The summed E-state index contributed by atoms with van der Waals surface area (Å²) in [5.74, 6) is -0.519. The van der Waals surface area contributed by atoms with Crippen molar-refractivity contribution in [3.05, 3.63) is 58.1 Å². The molecule has 1 N–H and O–H groups in total. The summed E-state index contributed by atoms with van der Waals surface area (Å²) in [6.45, 7) is 1.94. The van der Waals surface area contributed by atoms with Crippen LogP contribution in [0.2, 0.25) is 10.0 Å². The van der Waals surface area contributed by atoms with Gasteiger partial charge in [-0.15, -0.1) is 0 Å². The van der Waals surface area contributed by atoms with E-state index in [9.17, 15) is 4.39 Å². The summed E-state index contributed by atoms with van der Waals surface area (Å²) >= 11 is 12.0. The predicted molar refractivity (Wildman–Crippen MR) is 72.7 cm³/mol. The molecule has 2 rings (SSSR count). The first kappa shape index (κ1) is 13.1. The number of hydrogen-bond donors (Lipinski definition) is 1. The van der Waals surface area contributed by atoms with Gasteiger partial charge < -0.3 is 5.32 Å². The molecule has 0 bridgehead atoms. The first-order chi connectivity index (χ1) is 8.56. The Labute approximate surface area is 115 Å². The second-order valence-electron chi connectivity index (χ2n) is 3.90. The number of nitrogens with one attached hydrogen (secondary N) is 1. The highest BCUT2D eigenvalue weighted by molar-refractivity contribution is 6.35. The quantitative estimate of drug-likeness (QED) is 0.827. The summed E-state index contributed by atoms with van der Waals surface area (Å²) in [4.78, 5) is 3.50. The zero-order valence-electron chi connectivity index (χ0n) is 9.62. The van der Waals surface area contributed by atoms with E-state index in [1.165, 1.54) is 12.3 Å². The number of nitrogens with zero attached hydrogens (tertiary/aromatic N) is 1. The number of anilines is 1. The van der Waals surface area contributed by atoms with Crippen molar-refractivity contribution in [2.24, 2.45) is 0 Å². The summed E-state index contributed by atoms with van der Waals surface area (Å²) in [7, 11) is 0. The minimum absolute atomic E-state index is 0.0587. The normalized spacial score (nSPS) is 12.2. The molecule has 0 aliphatic heterocycles. The summed E-state index contributed by atoms with van der Waals surface area (Å²) in [6, 6.07) is 8.28. The minimum Gasteiger partial charge on any atom is -0.378 e. The first-order valence-corrected chi connectivity index (χ1v) is 6.15. The van der Waals surface area contributed by atoms with Crippen molar-refractivity contribution < 1.29 is 4.39 Å². The molecule has 2 nitrogen and oxygen atoms in total. The third-order valence-corrected chi connectivity index (χ3v) is 3.10. The maximum Gasteiger partial charge on any atom is 0.214 e. The Morgan fingerprint density at radius 3 is 2.67 bits per heavy atom. The van der Waals surface area contributed by atoms with Gasteiger partial charge in [-0.25, -0.2) is 4.98 Å². The van der Waals surface area contributed by atoms with Crippen molar-refractivity contribution in [1.82, 2.24) is 4.98 Å². The van der Waals surface area contributed by atoms with Crippen LogP contribution in [0, 0.1) is 5.95 Å². The van der Waals surface area contributed by atoms with Gasteiger partial charge in [0, 0.05) is 34.0 Å². The Morgan fingerprint density at radius 2 is 2.00 bits per heavy atom. The predicted octanol–water partition coefficient (Wildman–Crippen LogP) is 4.70. The molecule has 0 aliphatic rings. The molecule has 94 valence electrons. The monoisotopic (exact) mass is 284 g/mol. The summed E-state index contributed by atoms with van der Waals surface area (Å²) in [5, 5.41) is 4.32. The van der Waals surface area contributed by atoms with E-state index in [2.05, 4.69) is 10.3 Å². The van der Waals surface area contributed by atoms with E-state index in [0.717, 1.165) is 5.56 Å². The molecule has 0 fully saturated rings. The van der Waals surface area contributed by atoms with E-state index < -0.39 is 5.95 Å². The largest absolute Gasteiger partial charge is 0.378 e. The molecule has 18 heavy (non-hydrogen) atoms. The van der Waals surface area contributed by atoms with Gasteiger partial charge in [-0.1, -0.05) is 29.3 Å². The molecule has 0 spiro atoms. The van der Waals surface area contributed by atoms with Crippen LogP contribution in [0.3, 0.4) is 0 Å². The molecule has 5 heteroatoms. The van der Waals surface area contributed by atoms with Crippen molar-refractivity contribution in [1.29, 1.82) is 0 Å². The highest BCUT2D eigenvalue weighted by atomic mass is 35.5. The van der Waals surface area contributed by atoms with Crippen molar-refractivity contribution in [2.45, 2.75) is 13.0 Å². The number of rotatable bonds is 3. The molecule has 1 atom stereocenters. The van der Waals surface area contributed by atoms with E-state index in [1.54, 1.807) is 18.2 Å². The molecule has 0 saturated carbocycles. The fourth-order valence-corrected chi connectivity index (χ4v) is 2.24. The molecule has 0 amide bonds. The van der Waals surface area contributed by atoms with Crippen LogP contribution in [-0.2, 0) is 0 Å². The van der Waals surface area contributed by atoms with Crippen molar-refractivity contribution in [2.75, 3.05) is 5.32 Å². The van der Waals surface area contributed by atoms with E-state index in [-0.39, 0.29) is 6.04 Å². The van der Waals surface area contributed by atoms with Gasteiger partial charge in [0.05, 0.1) is 0 Å². The van der Waals surface area contributed by atoms with Crippen LogP contribution in [0.25, 0.3) is 0 Å². The molecular formula is C13H11Cl2FN2. The second kappa shape index (κ2) is 5.55. The lowest BCUT2D eigenvalue weighted by molar-refractivity contribution is 0.584. The number of pyridine rings is 1. The van der Waals surface area contributed by atoms with Crippen molar-refractivity contribution in [3.8, 4) is 0 Å². The van der Waals surface area contributed by atoms with Gasteiger partial charge in [0.15, 0.2) is 0 Å². The molecule has 0 aliphatic carbocycles. The standard InChI is InChI=1S/C13H11Cl2FN2/c1-8(11-3-2-9(14)6-12(11)15)18-10-4-5-17-13(16)7-10/h2-8H,1H3,(H,17,18). The summed E-state index contributed by atoms with van der Waals surface area (Å²) in [6.07, 6.45) is 1.41. The zero-order valence-corrected chi connectivity index (χ0v) is 11.1. The lowest BCUT2D eigenvalue weighted by atomic mass is 10.1. The van der Waals surface area contributed by atoms with Crippen LogP contribution in [0.5, 0.6) is 0 Å². The Hall–Kier alpha value is -1.32. The van der Waals surface area contributed by atoms with Crippen LogP contribution in [-0.4, -0.2) is 4.98 Å². The van der Waals surface area contributed by atoms with E-state index in [4.69, 9.17) is 23.2 Å². The minimum atomic E-state index is -0.519. The highest BCUT2D eigenvalue weighted by Gasteiger charge is 2.10. The van der Waals surface area contributed by atoms with Crippen molar-refractivity contribution in [3.63, 3.8) is 0 Å². The average molecular weight is 285 g/mol. The van der Waals surface area contributed by atoms with E-state index in [1.807, 2.05) is 13.0 Å². The third-order valence-electron chi connectivity index (χ3n) is 2.54. The smallest absolute Gasteiger partial charge is 0.214 e. The van der Waals surface area contributed by atoms with Crippen LogP contribution in [0.1, 0.15) is 18.5 Å². The lowest BCUT2D eigenvalue weighted by Gasteiger charge is -2.17. The van der Waals surface area contributed by atoms with E-state index in [0.29, 0.717) is 15.7 Å². The SMILES string of the molecule is CC(Nc1ccnc(F)c1)c1ccc(Cl)cc1Cl. The summed E-state index contributed by atoms with van der Waals surface area (Å²) < 4.78 is 13.0. The van der Waals surface area contributed by atoms with Crippen LogP contribution >= 0.6 is 23.2 Å². The second-order valence-corrected chi connectivity index (χ2v) is 4.74. The fourth-order valence-electron chi connectivity index (χ4n) is 1.67. The van der Waals surface area contributed by atoms with Gasteiger partial charge >= 0.3 is 0 Å². The lowest BCUT2D eigenvalue weighted by Crippen LogP contribution is -2.07. The van der Waals surface area contributed by atoms with Gasteiger partial charge in [-0.2, -0.15) is 4.39 Å². The average Bonchev–Trinajstić information content (AvgIpc) is 2.28. The Bertz CT molecular complexity index is 560. The molecule has 1 aromatic heterocycles. The van der Waals surface area contributed by atoms with Gasteiger partial charge in [-0.05, 0) is 30.7 Å². The Morgan fingerprint density at radius 1 is 1.22 bits per heavy atom. The zero-order chi connectivity index (χ0) is 13.1. The Balaban J connectivity index is 2.19. The topological polar surface area (TPSA) is 24.9 Å². The first-order valence-electron chi connectivity index (χ1n) is 5.39. The van der Waals surface area contributed by atoms with Gasteiger partial charge in [0.2, 0.25) is 5.95 Å². The highest BCUT2D eigenvalue weighted by Crippen LogP contribution is 2.28. The molecule has 1 aromatic carbocycles. The third kappa shape index (κ3) is 3.12. The number of halogens is 3. The van der Waals surface area contributed by atoms with Crippen LogP contribution in [0.4, 0.5) is 10.1 Å². The molecule has 0 saturated heterocycles. The molecular weight excluding hydrogens is 274 g/mol. The van der Waals surface area contributed by atoms with Gasteiger partial charge in [0.1, 0.15) is 0 Å². The van der Waals surface area contributed by atoms with Gasteiger partial charge in [0.25, 0.3) is 0 Å². The number of aromatic nitrogens is 1. The molecule has 1 heterocycles.